The first-order valence-corrected chi connectivity index (χ1v) is 10.4. The van der Waals surface area contributed by atoms with Gasteiger partial charge in [-0.1, -0.05) is 37.2 Å². The Labute approximate surface area is 163 Å². The van der Waals surface area contributed by atoms with Crippen molar-refractivity contribution in [2.75, 3.05) is 24.2 Å². The fraction of sp³-hybridized carbons (Fsp3) is 0.450. The third-order valence-corrected chi connectivity index (χ3v) is 5.33. The third kappa shape index (κ3) is 6.22. The lowest BCUT2D eigenvalue weighted by Crippen LogP contribution is -2.18. The Morgan fingerprint density at radius 3 is 2.70 bits per heavy atom. The molecule has 1 aliphatic rings. The van der Waals surface area contributed by atoms with Crippen molar-refractivity contribution in [3.63, 3.8) is 0 Å². The maximum absolute atomic E-state index is 12.2. The van der Waals surface area contributed by atoms with Crippen molar-refractivity contribution < 1.29 is 4.79 Å². The first kappa shape index (κ1) is 19.6. The smallest absolute Gasteiger partial charge is 0.251 e. The van der Waals surface area contributed by atoms with Crippen molar-refractivity contribution in [1.29, 1.82) is 0 Å². The number of nitrogens with zero attached hydrogens (tertiary/aromatic N) is 2. The average Bonchev–Trinajstić information content (AvgIpc) is 3.15. The molecule has 144 valence electrons. The van der Waals surface area contributed by atoms with Gasteiger partial charge in [-0.3, -0.25) is 14.5 Å². The number of aromatic amines is 1. The van der Waals surface area contributed by atoms with E-state index in [1.165, 1.54) is 49.3 Å². The van der Waals surface area contributed by atoms with Crippen molar-refractivity contribution in [2.45, 2.75) is 44.3 Å². The van der Waals surface area contributed by atoms with Crippen molar-refractivity contribution >= 4 is 23.4 Å². The molecule has 1 aromatic heterocycles. The lowest BCUT2D eigenvalue weighted by Gasteiger charge is -2.14. The molecule has 6 nitrogen and oxygen atoms in total. The summed E-state index contributed by atoms with van der Waals surface area (Å²) < 4.78 is 0. The predicted octanol–water partition coefficient (Wildman–Crippen LogP) is 3.05. The quantitative estimate of drug-likeness (QED) is 0.539. The molecule has 0 unspecified atom stereocenters. The monoisotopic (exact) mass is 386 g/mol. The van der Waals surface area contributed by atoms with Gasteiger partial charge in [-0.15, -0.1) is 0 Å². The number of rotatable bonds is 8. The van der Waals surface area contributed by atoms with E-state index in [1.54, 1.807) is 0 Å². The molecule has 0 aliphatic carbocycles. The number of aryl methyl sites for hydroxylation is 1. The standard InChI is InChI=1S/C20H26N4O2S/c1-2-5-17-12-18(25)23-20(22-17)27-14-19(26)21-16-8-6-15(7-9-16)13-24-10-3-4-11-24/h6-9,12H,2-5,10-11,13-14H2,1H3,(H,21,26)(H,22,23,25). The Morgan fingerprint density at radius 2 is 2.00 bits per heavy atom. The SMILES string of the molecule is CCCc1cc(=O)[nH]c(SCC(=O)Nc2ccc(CN3CCCC3)cc2)n1. The van der Waals surface area contributed by atoms with Crippen LogP contribution in [-0.2, 0) is 17.8 Å². The van der Waals surface area contributed by atoms with E-state index in [4.69, 9.17) is 0 Å². The molecular formula is C20H26N4O2S. The topological polar surface area (TPSA) is 78.1 Å². The average molecular weight is 387 g/mol. The molecule has 1 fully saturated rings. The van der Waals surface area contributed by atoms with E-state index < -0.39 is 0 Å². The molecule has 0 atom stereocenters. The highest BCUT2D eigenvalue weighted by atomic mass is 32.2. The van der Waals surface area contributed by atoms with Gasteiger partial charge >= 0.3 is 0 Å². The summed E-state index contributed by atoms with van der Waals surface area (Å²) in [5.41, 5.74) is 2.63. The molecule has 0 radical (unpaired) electrons. The zero-order chi connectivity index (χ0) is 19.1. The third-order valence-electron chi connectivity index (χ3n) is 4.46. The van der Waals surface area contributed by atoms with E-state index in [9.17, 15) is 9.59 Å². The van der Waals surface area contributed by atoms with Gasteiger partial charge in [-0.2, -0.15) is 0 Å². The maximum atomic E-state index is 12.2. The van der Waals surface area contributed by atoms with E-state index in [1.807, 2.05) is 19.1 Å². The van der Waals surface area contributed by atoms with Gasteiger partial charge in [0.2, 0.25) is 5.91 Å². The van der Waals surface area contributed by atoms with Crippen LogP contribution in [0, 0.1) is 0 Å². The summed E-state index contributed by atoms with van der Waals surface area (Å²) in [4.78, 5) is 33.4. The summed E-state index contributed by atoms with van der Waals surface area (Å²) in [5, 5.41) is 3.38. The minimum absolute atomic E-state index is 0.115. The molecule has 27 heavy (non-hydrogen) atoms. The number of thioether (sulfide) groups is 1. The molecule has 2 aromatic rings. The molecule has 1 aromatic carbocycles. The molecule has 0 saturated carbocycles. The fourth-order valence-electron chi connectivity index (χ4n) is 3.16. The van der Waals surface area contributed by atoms with Gasteiger partial charge in [0.15, 0.2) is 5.16 Å². The first-order chi connectivity index (χ1) is 13.1. The Morgan fingerprint density at radius 1 is 1.26 bits per heavy atom. The van der Waals surface area contributed by atoms with Gasteiger partial charge in [-0.05, 0) is 50.0 Å². The Hall–Kier alpha value is -2.12. The second kappa shape index (κ2) is 9.71. The van der Waals surface area contributed by atoms with Gasteiger partial charge in [0.05, 0.1) is 5.75 Å². The normalized spacial score (nSPS) is 14.4. The number of aromatic nitrogens is 2. The molecule has 2 heterocycles. The number of nitrogens with one attached hydrogen (secondary N) is 2. The van der Waals surface area contributed by atoms with Crippen molar-refractivity contribution in [3.05, 3.63) is 51.9 Å². The van der Waals surface area contributed by atoms with E-state index in [0.717, 1.165) is 30.8 Å². The zero-order valence-electron chi connectivity index (χ0n) is 15.7. The van der Waals surface area contributed by atoms with Gasteiger partial charge in [0.1, 0.15) is 0 Å². The summed E-state index contributed by atoms with van der Waals surface area (Å²) in [6.07, 6.45) is 4.25. The minimum Gasteiger partial charge on any atom is -0.325 e. The molecule has 1 saturated heterocycles. The van der Waals surface area contributed by atoms with Crippen LogP contribution < -0.4 is 10.9 Å². The number of anilines is 1. The lowest BCUT2D eigenvalue weighted by molar-refractivity contribution is -0.113. The van der Waals surface area contributed by atoms with Crippen LogP contribution >= 0.6 is 11.8 Å². The summed E-state index contributed by atoms with van der Waals surface area (Å²) in [6.45, 7) is 5.35. The van der Waals surface area contributed by atoms with Gasteiger partial charge in [0.25, 0.3) is 5.56 Å². The van der Waals surface area contributed by atoms with Crippen molar-refractivity contribution in [3.8, 4) is 0 Å². The highest BCUT2D eigenvalue weighted by molar-refractivity contribution is 7.99. The largest absolute Gasteiger partial charge is 0.325 e. The maximum Gasteiger partial charge on any atom is 0.251 e. The van der Waals surface area contributed by atoms with Crippen molar-refractivity contribution in [1.82, 2.24) is 14.9 Å². The predicted molar refractivity (Wildman–Crippen MR) is 109 cm³/mol. The molecule has 2 N–H and O–H groups in total. The molecule has 0 spiro atoms. The van der Waals surface area contributed by atoms with Crippen LogP contribution in [0.5, 0.6) is 0 Å². The molecule has 3 rings (SSSR count). The number of carbonyl (C=O) groups is 1. The van der Waals surface area contributed by atoms with Crippen LogP contribution in [0.3, 0.4) is 0 Å². The number of amides is 1. The Bertz CT molecular complexity index is 813. The number of benzene rings is 1. The molecule has 1 aliphatic heterocycles. The second-order valence-corrected chi connectivity index (χ2v) is 7.77. The molecule has 1 amide bonds. The van der Waals surface area contributed by atoms with Gasteiger partial charge in [0, 0.05) is 24.0 Å². The van der Waals surface area contributed by atoms with Crippen LogP contribution in [0.4, 0.5) is 5.69 Å². The van der Waals surface area contributed by atoms with Crippen molar-refractivity contribution in [2.24, 2.45) is 0 Å². The number of hydrogen-bond donors (Lipinski definition) is 2. The van der Waals surface area contributed by atoms with Crippen LogP contribution in [0.25, 0.3) is 0 Å². The first-order valence-electron chi connectivity index (χ1n) is 9.46. The highest BCUT2D eigenvalue weighted by Crippen LogP contribution is 2.16. The molecular weight excluding hydrogens is 360 g/mol. The number of likely N-dealkylation sites (tertiary alicyclic amines) is 1. The summed E-state index contributed by atoms with van der Waals surface area (Å²) in [7, 11) is 0. The number of carbonyl (C=O) groups excluding carboxylic acids is 1. The highest BCUT2D eigenvalue weighted by Gasteiger charge is 2.12. The Kier molecular flexibility index (Phi) is 7.06. The summed E-state index contributed by atoms with van der Waals surface area (Å²) in [5.74, 6) is 0.0875. The summed E-state index contributed by atoms with van der Waals surface area (Å²) in [6, 6.07) is 9.52. The second-order valence-electron chi connectivity index (χ2n) is 6.81. The van der Waals surface area contributed by atoms with Crippen LogP contribution in [0.15, 0.2) is 40.3 Å². The molecule has 7 heteroatoms. The number of H-pyrrole nitrogens is 1. The lowest BCUT2D eigenvalue weighted by atomic mass is 10.2. The van der Waals surface area contributed by atoms with E-state index in [2.05, 4.69) is 32.3 Å². The van der Waals surface area contributed by atoms with Gasteiger partial charge < -0.3 is 10.3 Å². The number of hydrogen-bond acceptors (Lipinski definition) is 5. The van der Waals surface area contributed by atoms with Crippen LogP contribution in [-0.4, -0.2) is 39.6 Å². The fourth-order valence-corrected chi connectivity index (χ4v) is 3.85. The van der Waals surface area contributed by atoms with E-state index in [-0.39, 0.29) is 17.2 Å². The summed E-state index contributed by atoms with van der Waals surface area (Å²) >= 11 is 1.24. The van der Waals surface area contributed by atoms with Crippen LogP contribution in [0.2, 0.25) is 0 Å². The Balaban J connectivity index is 1.49. The van der Waals surface area contributed by atoms with Gasteiger partial charge in [-0.25, -0.2) is 4.98 Å². The van der Waals surface area contributed by atoms with E-state index >= 15 is 0 Å². The van der Waals surface area contributed by atoms with E-state index in [0.29, 0.717) is 5.16 Å². The zero-order valence-corrected chi connectivity index (χ0v) is 16.5. The molecule has 0 bridgehead atoms. The minimum atomic E-state index is -0.176. The van der Waals surface area contributed by atoms with Crippen LogP contribution in [0.1, 0.15) is 37.4 Å².